The molecular formula is C20H19F3N4O2. The van der Waals surface area contributed by atoms with E-state index in [-0.39, 0.29) is 17.6 Å². The molecule has 0 spiro atoms. The van der Waals surface area contributed by atoms with Crippen LogP contribution in [0.3, 0.4) is 0 Å². The number of nitrogens with zero attached hydrogens (tertiary/aromatic N) is 3. The molecule has 3 rings (SSSR count). The Kier molecular flexibility index (Phi) is 5.41. The lowest BCUT2D eigenvalue weighted by Crippen LogP contribution is -2.39. The number of pyridine rings is 1. The van der Waals surface area contributed by atoms with Crippen molar-refractivity contribution in [3.05, 3.63) is 69.4 Å². The van der Waals surface area contributed by atoms with E-state index >= 15 is 0 Å². The molecule has 152 valence electrons. The lowest BCUT2D eigenvalue weighted by Gasteiger charge is -2.20. The van der Waals surface area contributed by atoms with Gasteiger partial charge in [-0.1, -0.05) is 6.07 Å². The zero-order valence-electron chi connectivity index (χ0n) is 16.0. The maximum absolute atomic E-state index is 13.4. The largest absolute Gasteiger partial charge is 0.438 e. The Morgan fingerprint density at radius 3 is 2.52 bits per heavy atom. The van der Waals surface area contributed by atoms with E-state index in [1.54, 1.807) is 44.3 Å². The molecule has 2 aromatic heterocycles. The van der Waals surface area contributed by atoms with E-state index in [1.807, 2.05) is 0 Å². The number of benzene rings is 1. The second kappa shape index (κ2) is 7.65. The monoisotopic (exact) mass is 404 g/mol. The van der Waals surface area contributed by atoms with Crippen molar-refractivity contribution < 1.29 is 18.0 Å². The summed E-state index contributed by atoms with van der Waals surface area (Å²) >= 11 is 0. The number of rotatable bonds is 4. The molecule has 0 aliphatic heterocycles. The molecule has 29 heavy (non-hydrogen) atoms. The standard InChI is InChI=1S/C20H19F3N4O2/c1-11-8-15-16(9-12(11)2)27(19(29)17(26-15)20(21,22)23)13(3)18(28)25-10-14-6-4-5-7-24-14/h4-9,13H,10H2,1-3H3,(H,25,28). The first-order chi connectivity index (χ1) is 13.6. The summed E-state index contributed by atoms with van der Waals surface area (Å²) < 4.78 is 41.0. The van der Waals surface area contributed by atoms with Crippen LogP contribution in [-0.2, 0) is 17.5 Å². The lowest BCUT2D eigenvalue weighted by atomic mass is 10.1. The van der Waals surface area contributed by atoms with Gasteiger partial charge in [0.15, 0.2) is 0 Å². The second-order valence-corrected chi connectivity index (χ2v) is 6.77. The first-order valence-corrected chi connectivity index (χ1v) is 8.88. The number of carbonyl (C=O) groups excluding carboxylic acids is 1. The average molecular weight is 404 g/mol. The van der Waals surface area contributed by atoms with Crippen LogP contribution in [0.2, 0.25) is 0 Å². The van der Waals surface area contributed by atoms with Crippen molar-refractivity contribution in [1.82, 2.24) is 19.9 Å². The van der Waals surface area contributed by atoms with E-state index in [2.05, 4.69) is 15.3 Å². The fourth-order valence-electron chi connectivity index (χ4n) is 2.97. The summed E-state index contributed by atoms with van der Waals surface area (Å²) in [4.78, 5) is 32.9. The quantitative estimate of drug-likeness (QED) is 0.724. The highest BCUT2D eigenvalue weighted by atomic mass is 19.4. The molecule has 1 atom stereocenters. The number of amides is 1. The van der Waals surface area contributed by atoms with Gasteiger partial charge in [-0.15, -0.1) is 0 Å². The predicted molar refractivity (Wildman–Crippen MR) is 101 cm³/mol. The van der Waals surface area contributed by atoms with Crippen molar-refractivity contribution in [3.8, 4) is 0 Å². The molecule has 0 saturated heterocycles. The zero-order chi connectivity index (χ0) is 21.3. The number of halogens is 3. The molecule has 9 heteroatoms. The van der Waals surface area contributed by atoms with Crippen molar-refractivity contribution in [2.45, 2.75) is 39.5 Å². The fourth-order valence-corrected chi connectivity index (χ4v) is 2.97. The van der Waals surface area contributed by atoms with Gasteiger partial charge in [-0.05, 0) is 56.2 Å². The van der Waals surface area contributed by atoms with Gasteiger partial charge in [-0.3, -0.25) is 19.1 Å². The average Bonchev–Trinajstić information content (AvgIpc) is 2.66. The summed E-state index contributed by atoms with van der Waals surface area (Å²) in [6.45, 7) is 4.98. The summed E-state index contributed by atoms with van der Waals surface area (Å²) in [5.41, 5.74) is -0.631. The van der Waals surface area contributed by atoms with Crippen LogP contribution in [0.1, 0.15) is 35.5 Å². The number of fused-ring (bicyclic) bond motifs is 1. The Morgan fingerprint density at radius 1 is 1.21 bits per heavy atom. The topological polar surface area (TPSA) is 76.9 Å². The summed E-state index contributed by atoms with van der Waals surface area (Å²) in [7, 11) is 0. The molecule has 0 radical (unpaired) electrons. The normalized spacial score (nSPS) is 12.8. The Morgan fingerprint density at radius 2 is 1.90 bits per heavy atom. The molecule has 1 N–H and O–H groups in total. The molecule has 1 aromatic carbocycles. The lowest BCUT2D eigenvalue weighted by molar-refractivity contribution is -0.142. The Balaban J connectivity index is 2.08. The molecule has 0 saturated carbocycles. The van der Waals surface area contributed by atoms with Gasteiger partial charge < -0.3 is 5.32 Å². The second-order valence-electron chi connectivity index (χ2n) is 6.77. The molecule has 0 aliphatic rings. The van der Waals surface area contributed by atoms with Crippen molar-refractivity contribution in [3.63, 3.8) is 0 Å². The van der Waals surface area contributed by atoms with Gasteiger partial charge in [0.2, 0.25) is 11.6 Å². The van der Waals surface area contributed by atoms with Crippen molar-refractivity contribution >= 4 is 16.9 Å². The third kappa shape index (κ3) is 4.13. The van der Waals surface area contributed by atoms with Crippen LogP contribution < -0.4 is 10.9 Å². The van der Waals surface area contributed by atoms with E-state index in [4.69, 9.17) is 0 Å². The molecule has 1 amide bonds. The molecule has 3 aromatic rings. The fraction of sp³-hybridized carbons (Fsp3) is 0.300. The molecular weight excluding hydrogens is 385 g/mol. The van der Waals surface area contributed by atoms with Crippen LogP contribution in [0.15, 0.2) is 41.3 Å². The SMILES string of the molecule is Cc1cc2nc(C(F)(F)F)c(=O)n(C(C)C(=O)NCc3ccccn3)c2cc1C. The van der Waals surface area contributed by atoms with Crippen molar-refractivity contribution in [2.75, 3.05) is 0 Å². The van der Waals surface area contributed by atoms with E-state index in [0.717, 1.165) is 15.7 Å². The van der Waals surface area contributed by atoms with Gasteiger partial charge in [0.1, 0.15) is 6.04 Å². The highest BCUT2D eigenvalue weighted by Crippen LogP contribution is 2.28. The van der Waals surface area contributed by atoms with Crippen LogP contribution >= 0.6 is 0 Å². The Labute approximate surface area is 164 Å². The number of hydrogen-bond acceptors (Lipinski definition) is 4. The number of aromatic nitrogens is 3. The Bertz CT molecular complexity index is 1120. The van der Waals surface area contributed by atoms with Gasteiger partial charge in [0.05, 0.1) is 23.3 Å². The summed E-state index contributed by atoms with van der Waals surface area (Å²) in [6.07, 6.45) is -3.37. The highest BCUT2D eigenvalue weighted by molar-refractivity contribution is 5.84. The Hall–Kier alpha value is -3.23. The number of nitrogens with one attached hydrogen (secondary N) is 1. The maximum atomic E-state index is 13.4. The van der Waals surface area contributed by atoms with Crippen LogP contribution in [0.4, 0.5) is 13.2 Å². The maximum Gasteiger partial charge on any atom is 0.438 e. The van der Waals surface area contributed by atoms with Gasteiger partial charge >= 0.3 is 6.18 Å². The van der Waals surface area contributed by atoms with E-state index in [1.165, 1.54) is 13.0 Å². The molecule has 2 heterocycles. The minimum Gasteiger partial charge on any atom is -0.349 e. The van der Waals surface area contributed by atoms with Gasteiger partial charge in [0.25, 0.3) is 5.56 Å². The van der Waals surface area contributed by atoms with Crippen molar-refractivity contribution in [1.29, 1.82) is 0 Å². The van der Waals surface area contributed by atoms with Crippen LogP contribution in [-0.4, -0.2) is 20.4 Å². The third-order valence-corrected chi connectivity index (χ3v) is 4.71. The molecule has 0 aliphatic carbocycles. The number of alkyl halides is 3. The van der Waals surface area contributed by atoms with Gasteiger partial charge in [-0.25, -0.2) is 4.98 Å². The van der Waals surface area contributed by atoms with E-state index in [9.17, 15) is 22.8 Å². The highest BCUT2D eigenvalue weighted by Gasteiger charge is 2.38. The van der Waals surface area contributed by atoms with Crippen LogP contribution in [0.25, 0.3) is 11.0 Å². The summed E-state index contributed by atoms with van der Waals surface area (Å²) in [5, 5.41) is 2.61. The van der Waals surface area contributed by atoms with E-state index in [0.29, 0.717) is 5.69 Å². The van der Waals surface area contributed by atoms with Crippen LogP contribution in [0.5, 0.6) is 0 Å². The van der Waals surface area contributed by atoms with Gasteiger partial charge in [-0.2, -0.15) is 13.2 Å². The van der Waals surface area contributed by atoms with Crippen molar-refractivity contribution in [2.24, 2.45) is 0 Å². The number of hydrogen-bond donors (Lipinski definition) is 1. The summed E-state index contributed by atoms with van der Waals surface area (Å²) in [6, 6.07) is 7.04. The summed E-state index contributed by atoms with van der Waals surface area (Å²) in [5.74, 6) is -0.600. The third-order valence-electron chi connectivity index (χ3n) is 4.71. The molecule has 1 unspecified atom stereocenters. The van der Waals surface area contributed by atoms with E-state index < -0.39 is 29.4 Å². The molecule has 0 bridgehead atoms. The van der Waals surface area contributed by atoms with Gasteiger partial charge in [0, 0.05) is 6.20 Å². The molecule has 6 nitrogen and oxygen atoms in total. The first-order valence-electron chi connectivity index (χ1n) is 8.88. The smallest absolute Gasteiger partial charge is 0.349 e. The van der Waals surface area contributed by atoms with Crippen LogP contribution in [0, 0.1) is 13.8 Å². The molecule has 0 fully saturated rings. The zero-order valence-corrected chi connectivity index (χ0v) is 16.0. The number of carbonyl (C=O) groups is 1. The minimum atomic E-state index is -4.93. The number of aryl methyl sites for hydroxylation is 2. The predicted octanol–water partition coefficient (Wildman–Crippen LogP) is 3.30. The first kappa shape index (κ1) is 20.5. The minimum absolute atomic E-state index is 0.00408.